The van der Waals surface area contributed by atoms with Gasteiger partial charge in [0.25, 0.3) is 0 Å². The fourth-order valence-corrected chi connectivity index (χ4v) is 2.82. The van der Waals surface area contributed by atoms with E-state index in [0.29, 0.717) is 28.0 Å². The van der Waals surface area contributed by atoms with Crippen LogP contribution >= 0.6 is 0 Å². The van der Waals surface area contributed by atoms with Gasteiger partial charge < -0.3 is 24.7 Å². The molecule has 0 bridgehead atoms. The van der Waals surface area contributed by atoms with Crippen LogP contribution in [-0.4, -0.2) is 30.6 Å². The van der Waals surface area contributed by atoms with Crippen molar-refractivity contribution >= 4 is 34.2 Å². The smallest absolute Gasteiger partial charge is 0.341 e. The van der Waals surface area contributed by atoms with E-state index in [1.807, 2.05) is 6.92 Å². The van der Waals surface area contributed by atoms with Crippen molar-refractivity contribution in [3.63, 3.8) is 0 Å². The predicted octanol–water partition coefficient (Wildman–Crippen LogP) is 2.84. The Morgan fingerprint density at radius 2 is 1.96 bits per heavy atom. The lowest BCUT2D eigenvalue weighted by Crippen LogP contribution is -2.22. The zero-order valence-electron chi connectivity index (χ0n) is 15.7. The lowest BCUT2D eigenvalue weighted by molar-refractivity contribution is -0.255. The third-order valence-electron chi connectivity index (χ3n) is 4.30. The molecule has 7 heteroatoms. The highest BCUT2D eigenvalue weighted by atomic mass is 16.5. The molecule has 28 heavy (non-hydrogen) atoms. The number of nitrogens with zero attached hydrogens (tertiary/aromatic N) is 1. The van der Waals surface area contributed by atoms with E-state index >= 15 is 0 Å². The monoisotopic (exact) mass is 379 g/mol. The number of aromatic carboxylic acids is 1. The van der Waals surface area contributed by atoms with E-state index in [-0.39, 0.29) is 17.7 Å². The maximum atomic E-state index is 12.5. The number of ether oxygens (including phenoxy) is 2. The third-order valence-corrected chi connectivity index (χ3v) is 4.30. The van der Waals surface area contributed by atoms with Gasteiger partial charge in [-0.1, -0.05) is 12.1 Å². The Kier molecular flexibility index (Phi) is 5.44. The first-order valence-corrected chi connectivity index (χ1v) is 8.67. The molecule has 0 fully saturated rings. The third kappa shape index (κ3) is 3.73. The Balaban J connectivity index is 2.21. The molecule has 0 aliphatic heterocycles. The summed E-state index contributed by atoms with van der Waals surface area (Å²) in [5.74, 6) is -1.22. The SMILES string of the molecule is CCOC(=O)c1cnc2ccc(OC)cc2c1Nc1cc(C(=O)[O-])ccc1C. The lowest BCUT2D eigenvalue weighted by atomic mass is 10.1. The van der Waals surface area contributed by atoms with Crippen LogP contribution in [0.1, 0.15) is 33.2 Å². The largest absolute Gasteiger partial charge is 0.545 e. The Hall–Kier alpha value is -3.61. The summed E-state index contributed by atoms with van der Waals surface area (Å²) in [5, 5.41) is 15.1. The van der Waals surface area contributed by atoms with Gasteiger partial charge in [-0.05, 0) is 49.2 Å². The summed E-state index contributed by atoms with van der Waals surface area (Å²) in [7, 11) is 1.55. The first kappa shape index (κ1) is 19.2. The molecular formula is C21H19N2O5-. The number of nitrogens with one attached hydrogen (secondary N) is 1. The molecule has 1 heterocycles. The van der Waals surface area contributed by atoms with Crippen molar-refractivity contribution in [3.8, 4) is 5.75 Å². The summed E-state index contributed by atoms with van der Waals surface area (Å²) in [6.45, 7) is 3.76. The van der Waals surface area contributed by atoms with Crippen LogP contribution in [0.4, 0.5) is 11.4 Å². The topological polar surface area (TPSA) is 101 Å². The van der Waals surface area contributed by atoms with Crippen LogP contribution in [0.25, 0.3) is 10.9 Å². The second-order valence-electron chi connectivity index (χ2n) is 6.09. The van der Waals surface area contributed by atoms with E-state index in [2.05, 4.69) is 10.3 Å². The molecule has 0 aliphatic rings. The molecule has 0 aliphatic carbocycles. The van der Waals surface area contributed by atoms with Gasteiger partial charge in [-0.3, -0.25) is 4.98 Å². The average Bonchev–Trinajstić information content (AvgIpc) is 2.69. The molecule has 0 amide bonds. The summed E-state index contributed by atoms with van der Waals surface area (Å²) in [6, 6.07) is 9.90. The molecular weight excluding hydrogens is 360 g/mol. The number of rotatable bonds is 6. The summed E-state index contributed by atoms with van der Waals surface area (Å²) >= 11 is 0. The van der Waals surface area contributed by atoms with E-state index in [9.17, 15) is 14.7 Å². The summed E-state index contributed by atoms with van der Waals surface area (Å²) < 4.78 is 10.4. The molecule has 0 atom stereocenters. The van der Waals surface area contributed by atoms with Crippen LogP contribution in [0, 0.1) is 6.92 Å². The van der Waals surface area contributed by atoms with Crippen LogP contribution in [0.15, 0.2) is 42.6 Å². The second-order valence-corrected chi connectivity index (χ2v) is 6.09. The predicted molar refractivity (Wildman–Crippen MR) is 103 cm³/mol. The summed E-state index contributed by atoms with van der Waals surface area (Å²) in [6.07, 6.45) is 1.44. The van der Waals surface area contributed by atoms with Gasteiger partial charge >= 0.3 is 5.97 Å². The van der Waals surface area contributed by atoms with E-state index < -0.39 is 11.9 Å². The quantitative estimate of drug-likeness (QED) is 0.657. The highest BCUT2D eigenvalue weighted by Gasteiger charge is 2.18. The van der Waals surface area contributed by atoms with Gasteiger partial charge in [0.1, 0.15) is 11.3 Å². The number of methoxy groups -OCH3 is 1. The first-order valence-electron chi connectivity index (χ1n) is 8.67. The number of aromatic nitrogens is 1. The van der Waals surface area contributed by atoms with Gasteiger partial charge in [0, 0.05) is 17.3 Å². The number of carbonyl (C=O) groups is 2. The van der Waals surface area contributed by atoms with Crippen LogP contribution in [0.2, 0.25) is 0 Å². The number of carboxylic acid groups (broad SMARTS) is 1. The van der Waals surface area contributed by atoms with Crippen molar-refractivity contribution in [1.82, 2.24) is 4.98 Å². The standard InChI is InChI=1S/C21H20N2O5/c1-4-28-21(26)16-11-22-17-8-7-14(27-3)10-15(17)19(16)23-18-9-13(20(24)25)6-5-12(18)2/h5-11H,4H2,1-3H3,(H,22,23)(H,24,25)/p-1. The van der Waals surface area contributed by atoms with Gasteiger partial charge in [0.2, 0.25) is 0 Å². The fraction of sp³-hybridized carbons (Fsp3) is 0.190. The van der Waals surface area contributed by atoms with E-state index in [1.165, 1.54) is 18.3 Å². The Morgan fingerprint density at radius 3 is 2.64 bits per heavy atom. The summed E-state index contributed by atoms with van der Waals surface area (Å²) in [5.41, 5.74) is 2.70. The zero-order chi connectivity index (χ0) is 20.3. The molecule has 1 N–H and O–H groups in total. The second kappa shape index (κ2) is 7.96. The molecule has 0 saturated carbocycles. The van der Waals surface area contributed by atoms with Crippen LogP contribution in [0.3, 0.4) is 0 Å². The number of hydrogen-bond acceptors (Lipinski definition) is 7. The fourth-order valence-electron chi connectivity index (χ4n) is 2.82. The molecule has 0 saturated heterocycles. The van der Waals surface area contributed by atoms with Crippen molar-refractivity contribution < 1.29 is 24.2 Å². The molecule has 0 unspecified atom stereocenters. The number of carboxylic acids is 1. The van der Waals surface area contributed by atoms with Crippen molar-refractivity contribution in [2.24, 2.45) is 0 Å². The van der Waals surface area contributed by atoms with Crippen molar-refractivity contribution in [3.05, 3.63) is 59.3 Å². The average molecular weight is 379 g/mol. The van der Waals surface area contributed by atoms with E-state index in [0.717, 1.165) is 5.56 Å². The van der Waals surface area contributed by atoms with Gasteiger partial charge in [-0.2, -0.15) is 0 Å². The summed E-state index contributed by atoms with van der Waals surface area (Å²) in [4.78, 5) is 28.0. The maximum absolute atomic E-state index is 12.5. The number of aryl methyl sites for hydroxylation is 1. The van der Waals surface area contributed by atoms with Crippen LogP contribution in [0.5, 0.6) is 5.75 Å². The molecule has 2 aromatic carbocycles. The highest BCUT2D eigenvalue weighted by molar-refractivity contribution is 6.06. The molecule has 1 aromatic heterocycles. The normalized spacial score (nSPS) is 10.5. The van der Waals surface area contributed by atoms with E-state index in [4.69, 9.17) is 9.47 Å². The van der Waals surface area contributed by atoms with Crippen LogP contribution < -0.4 is 15.2 Å². The van der Waals surface area contributed by atoms with E-state index in [1.54, 1.807) is 38.3 Å². The lowest BCUT2D eigenvalue weighted by Gasteiger charge is -2.17. The van der Waals surface area contributed by atoms with Gasteiger partial charge in [-0.15, -0.1) is 0 Å². The Morgan fingerprint density at radius 1 is 1.18 bits per heavy atom. The number of fused-ring (bicyclic) bond motifs is 1. The minimum absolute atomic E-state index is 0.0294. The molecule has 3 rings (SSSR count). The molecule has 0 radical (unpaired) electrons. The van der Waals surface area contributed by atoms with Crippen molar-refractivity contribution in [2.45, 2.75) is 13.8 Å². The van der Waals surface area contributed by atoms with Gasteiger partial charge in [-0.25, -0.2) is 4.79 Å². The number of pyridine rings is 1. The molecule has 3 aromatic rings. The Bertz CT molecular complexity index is 1060. The van der Waals surface area contributed by atoms with Crippen molar-refractivity contribution in [1.29, 1.82) is 0 Å². The van der Waals surface area contributed by atoms with Crippen molar-refractivity contribution in [2.75, 3.05) is 19.0 Å². The number of hydrogen-bond donors (Lipinski definition) is 1. The molecule has 0 spiro atoms. The molecule has 144 valence electrons. The number of esters is 1. The number of benzene rings is 2. The van der Waals surface area contributed by atoms with Gasteiger partial charge in [0.15, 0.2) is 0 Å². The first-order chi connectivity index (χ1) is 13.4. The maximum Gasteiger partial charge on any atom is 0.341 e. The minimum atomic E-state index is -1.28. The zero-order valence-corrected chi connectivity index (χ0v) is 15.7. The number of carbonyl (C=O) groups excluding carboxylic acids is 2. The van der Waals surface area contributed by atoms with Gasteiger partial charge in [0.05, 0.1) is 30.9 Å². The highest BCUT2D eigenvalue weighted by Crippen LogP contribution is 2.33. The van der Waals surface area contributed by atoms with Crippen LogP contribution in [-0.2, 0) is 4.74 Å². The Labute approximate surface area is 161 Å². The number of anilines is 2. The molecule has 7 nitrogen and oxygen atoms in total. The minimum Gasteiger partial charge on any atom is -0.545 e.